The second kappa shape index (κ2) is 8.17. The van der Waals surface area contributed by atoms with Crippen LogP contribution in [0.25, 0.3) is 11.6 Å². The van der Waals surface area contributed by atoms with Gasteiger partial charge in [-0.1, -0.05) is 49.7 Å². The fourth-order valence-electron chi connectivity index (χ4n) is 4.11. The highest BCUT2D eigenvalue weighted by atomic mass is 35.5. The molecule has 162 valence electrons. The van der Waals surface area contributed by atoms with Gasteiger partial charge in [0.15, 0.2) is 0 Å². The van der Waals surface area contributed by atoms with E-state index in [0.29, 0.717) is 22.0 Å². The first kappa shape index (κ1) is 21.7. The molecule has 0 bridgehead atoms. The largest absolute Gasteiger partial charge is 0.507 e. The molecule has 0 saturated carbocycles. The molecule has 1 amide bonds. The van der Waals surface area contributed by atoms with Crippen LogP contribution in [-0.2, 0) is 4.79 Å². The summed E-state index contributed by atoms with van der Waals surface area (Å²) in [5.74, 6) is -1.70. The second-order valence-electron chi connectivity index (χ2n) is 8.07. The third-order valence-electron chi connectivity index (χ3n) is 5.66. The lowest BCUT2D eigenvalue weighted by atomic mass is 9.93. The van der Waals surface area contributed by atoms with Gasteiger partial charge in [0.2, 0.25) is 0 Å². The number of hydrogen-bond donors (Lipinski definition) is 2. The number of nitrogens with zero attached hydrogens (tertiary/aromatic N) is 1. The predicted octanol–water partition coefficient (Wildman–Crippen LogP) is 6.39. The van der Waals surface area contributed by atoms with Crippen molar-refractivity contribution >= 4 is 46.5 Å². The molecule has 2 N–H and O–H groups in total. The lowest BCUT2D eigenvalue weighted by molar-refractivity contribution is -0.112. The maximum Gasteiger partial charge on any atom is 0.339 e. The first-order chi connectivity index (χ1) is 15.2. The molecule has 0 aliphatic carbocycles. The fraction of sp³-hybridized carbons (Fsp3) is 0.154. The number of aromatic carboxylic acids is 1. The predicted molar refractivity (Wildman–Crippen MR) is 127 cm³/mol. The van der Waals surface area contributed by atoms with Gasteiger partial charge in [0, 0.05) is 16.7 Å². The molecule has 32 heavy (non-hydrogen) atoms. The lowest BCUT2D eigenvalue weighted by Gasteiger charge is -2.18. The number of anilines is 2. The topological polar surface area (TPSA) is 77.8 Å². The zero-order valence-electron chi connectivity index (χ0n) is 17.9. The molecule has 3 aromatic carbocycles. The maximum atomic E-state index is 13.7. The van der Waals surface area contributed by atoms with Gasteiger partial charge in [-0.25, -0.2) is 4.79 Å². The number of carboxylic acid groups (broad SMARTS) is 1. The van der Waals surface area contributed by atoms with Gasteiger partial charge >= 0.3 is 5.97 Å². The van der Waals surface area contributed by atoms with Crippen molar-refractivity contribution in [3.05, 3.63) is 87.4 Å². The number of aromatic hydroxyl groups is 1. The zero-order chi connectivity index (χ0) is 23.2. The molecule has 0 aromatic heterocycles. The van der Waals surface area contributed by atoms with Gasteiger partial charge in [-0.3, -0.25) is 9.69 Å². The molecule has 4 rings (SSSR count). The van der Waals surface area contributed by atoms with Crippen molar-refractivity contribution in [2.24, 2.45) is 0 Å². The molecule has 0 spiro atoms. The molecule has 3 aromatic rings. The van der Waals surface area contributed by atoms with Crippen molar-refractivity contribution in [3.8, 4) is 5.75 Å². The van der Waals surface area contributed by atoms with Crippen LogP contribution < -0.4 is 4.90 Å². The van der Waals surface area contributed by atoms with Gasteiger partial charge in [-0.05, 0) is 59.9 Å². The number of hydrogen-bond acceptors (Lipinski definition) is 3. The number of amides is 1. The summed E-state index contributed by atoms with van der Waals surface area (Å²) in [6.45, 7) is 6.08. The number of phenols is 1. The molecule has 1 aliphatic rings. The average Bonchev–Trinajstić information content (AvgIpc) is 3.01. The zero-order valence-corrected chi connectivity index (χ0v) is 18.6. The van der Waals surface area contributed by atoms with Crippen molar-refractivity contribution in [2.45, 2.75) is 26.7 Å². The van der Waals surface area contributed by atoms with E-state index in [-0.39, 0.29) is 17.4 Å². The van der Waals surface area contributed by atoms with E-state index in [4.69, 9.17) is 11.6 Å². The molecule has 5 nitrogen and oxygen atoms in total. The summed E-state index contributed by atoms with van der Waals surface area (Å²) in [7, 11) is 0. The number of rotatable bonds is 4. The lowest BCUT2D eigenvalue weighted by Crippen LogP contribution is -2.20. The van der Waals surface area contributed by atoms with Crippen LogP contribution in [0.1, 0.15) is 52.4 Å². The van der Waals surface area contributed by atoms with Crippen LogP contribution in [0.15, 0.2) is 54.6 Å². The quantitative estimate of drug-likeness (QED) is 0.454. The number of fused-ring (bicyclic) bond motifs is 1. The van der Waals surface area contributed by atoms with E-state index in [0.717, 1.165) is 22.3 Å². The summed E-state index contributed by atoms with van der Waals surface area (Å²) in [5.41, 5.74) is 4.87. The Bertz CT molecular complexity index is 1290. The third kappa shape index (κ3) is 3.55. The number of aryl methyl sites for hydroxylation is 1. The van der Waals surface area contributed by atoms with Crippen LogP contribution >= 0.6 is 11.6 Å². The van der Waals surface area contributed by atoms with Crippen molar-refractivity contribution < 1.29 is 19.8 Å². The normalized spacial score (nSPS) is 14.3. The Hall–Kier alpha value is -3.57. The van der Waals surface area contributed by atoms with E-state index < -0.39 is 11.7 Å². The molecular weight excluding hydrogens is 426 g/mol. The molecule has 1 heterocycles. The van der Waals surface area contributed by atoms with Crippen molar-refractivity contribution in [2.75, 3.05) is 4.90 Å². The Kier molecular flexibility index (Phi) is 5.53. The standard InChI is InChI=1S/C26H22ClNO4/c1-14(2)17-7-5-8-21(27)19(17)13-20-24-15(3)6-4-9-22(24)28(25(20)30)16-10-11-18(26(31)32)23(29)12-16/h4-14,29H,1-3H3,(H,31,32). The first-order valence-corrected chi connectivity index (χ1v) is 10.6. The van der Waals surface area contributed by atoms with Crippen molar-refractivity contribution in [3.63, 3.8) is 0 Å². The molecule has 0 atom stereocenters. The molecule has 0 radical (unpaired) electrons. The van der Waals surface area contributed by atoms with E-state index in [1.807, 2.05) is 43.3 Å². The number of halogens is 1. The van der Waals surface area contributed by atoms with Crippen LogP contribution in [0.2, 0.25) is 5.02 Å². The maximum absolute atomic E-state index is 13.7. The number of carbonyl (C=O) groups excluding carboxylic acids is 1. The second-order valence-corrected chi connectivity index (χ2v) is 8.48. The number of carbonyl (C=O) groups is 2. The summed E-state index contributed by atoms with van der Waals surface area (Å²) in [6, 6.07) is 15.4. The molecule has 1 aliphatic heterocycles. The monoisotopic (exact) mass is 447 g/mol. The molecule has 0 saturated heterocycles. The Morgan fingerprint density at radius 2 is 1.81 bits per heavy atom. The first-order valence-electron chi connectivity index (χ1n) is 10.2. The highest BCUT2D eigenvalue weighted by Crippen LogP contribution is 2.45. The third-order valence-corrected chi connectivity index (χ3v) is 5.99. The Balaban J connectivity index is 1.93. The minimum atomic E-state index is -1.24. The smallest absolute Gasteiger partial charge is 0.339 e. The molecular formula is C26H22ClNO4. The highest BCUT2D eigenvalue weighted by molar-refractivity contribution is 6.39. The van der Waals surface area contributed by atoms with Crippen LogP contribution in [0.5, 0.6) is 5.75 Å². The molecule has 6 heteroatoms. The van der Waals surface area contributed by atoms with Gasteiger partial charge in [-0.2, -0.15) is 0 Å². The molecule has 0 unspecified atom stereocenters. The van der Waals surface area contributed by atoms with Crippen LogP contribution in [-0.4, -0.2) is 22.1 Å². The number of carboxylic acids is 1. The minimum Gasteiger partial charge on any atom is -0.507 e. The Morgan fingerprint density at radius 3 is 2.47 bits per heavy atom. The van der Waals surface area contributed by atoms with E-state index in [2.05, 4.69) is 13.8 Å². The minimum absolute atomic E-state index is 0.213. The van der Waals surface area contributed by atoms with Crippen molar-refractivity contribution in [1.29, 1.82) is 0 Å². The fourth-order valence-corrected chi connectivity index (χ4v) is 4.35. The summed E-state index contributed by atoms with van der Waals surface area (Å²) in [6.07, 6.45) is 1.83. The Morgan fingerprint density at radius 1 is 1.09 bits per heavy atom. The SMILES string of the molecule is Cc1cccc2c1C(=Cc1c(Cl)cccc1C(C)C)C(=O)N2c1ccc(C(=O)O)c(O)c1. The average molecular weight is 448 g/mol. The van der Waals surface area contributed by atoms with Gasteiger partial charge < -0.3 is 10.2 Å². The van der Waals surface area contributed by atoms with Gasteiger partial charge in [0.1, 0.15) is 11.3 Å². The van der Waals surface area contributed by atoms with E-state index in [1.54, 1.807) is 6.07 Å². The Labute approximate surface area is 191 Å². The summed E-state index contributed by atoms with van der Waals surface area (Å²) in [4.78, 5) is 26.4. The summed E-state index contributed by atoms with van der Waals surface area (Å²) in [5, 5.41) is 20.0. The van der Waals surface area contributed by atoms with Crippen LogP contribution in [0.4, 0.5) is 11.4 Å². The van der Waals surface area contributed by atoms with Gasteiger partial charge in [-0.15, -0.1) is 0 Å². The summed E-state index contributed by atoms with van der Waals surface area (Å²) >= 11 is 6.53. The van der Waals surface area contributed by atoms with Gasteiger partial charge in [0.05, 0.1) is 16.9 Å². The van der Waals surface area contributed by atoms with Crippen LogP contribution in [0, 0.1) is 6.92 Å². The van der Waals surface area contributed by atoms with E-state index in [1.165, 1.54) is 23.1 Å². The molecule has 0 fully saturated rings. The summed E-state index contributed by atoms with van der Waals surface area (Å²) < 4.78 is 0. The van der Waals surface area contributed by atoms with E-state index >= 15 is 0 Å². The van der Waals surface area contributed by atoms with Crippen LogP contribution in [0.3, 0.4) is 0 Å². The highest BCUT2D eigenvalue weighted by Gasteiger charge is 2.35. The number of benzene rings is 3. The van der Waals surface area contributed by atoms with Crippen molar-refractivity contribution in [1.82, 2.24) is 0 Å². The van der Waals surface area contributed by atoms with E-state index in [9.17, 15) is 19.8 Å². The van der Waals surface area contributed by atoms with Gasteiger partial charge in [0.25, 0.3) is 5.91 Å².